The van der Waals surface area contributed by atoms with Gasteiger partial charge >= 0.3 is 0 Å². The summed E-state index contributed by atoms with van der Waals surface area (Å²) in [4.78, 5) is 4.35. The van der Waals surface area contributed by atoms with E-state index in [1.807, 2.05) is 0 Å². The first kappa shape index (κ1) is 14.5. The van der Waals surface area contributed by atoms with Gasteiger partial charge in [-0.15, -0.1) is 0 Å². The summed E-state index contributed by atoms with van der Waals surface area (Å²) < 4.78 is 0. The van der Waals surface area contributed by atoms with Gasteiger partial charge in [0, 0.05) is 5.57 Å². The Labute approximate surface area is 122 Å². The largest absolute Gasteiger partial charge is 0.264 e. The molecule has 1 aliphatic carbocycles. The van der Waals surface area contributed by atoms with Crippen LogP contribution in [0, 0.1) is 6.92 Å². The average molecular weight is 265 g/mol. The number of benzene rings is 1. The Bertz CT molecular complexity index is 623. The molecule has 0 radical (unpaired) electrons. The van der Waals surface area contributed by atoms with E-state index in [1.165, 1.54) is 33.4 Å². The molecule has 0 bridgehead atoms. The SMILES string of the molecule is C=NC1=C(/C=C\C)CCc2cc(C)ccc2C1=C(C)C. The monoisotopic (exact) mass is 265 g/mol. The summed E-state index contributed by atoms with van der Waals surface area (Å²) in [6, 6.07) is 6.72. The fraction of sp³-hybridized carbons (Fsp3) is 0.316. The molecule has 0 saturated heterocycles. The van der Waals surface area contributed by atoms with Crippen LogP contribution >= 0.6 is 0 Å². The van der Waals surface area contributed by atoms with Gasteiger partial charge in [0.15, 0.2) is 0 Å². The number of aliphatic imine (C=N–C) groups is 1. The zero-order chi connectivity index (χ0) is 14.7. The first-order chi connectivity index (χ1) is 9.58. The average Bonchev–Trinajstić information content (AvgIpc) is 2.56. The standard InChI is InChI=1S/C19H23N/c1-6-7-15-9-10-16-12-14(4)8-11-17(16)18(13(2)3)19(15)20-5/h6-8,11-12H,5,9-10H2,1-4H3/b7-6-. The van der Waals surface area contributed by atoms with Gasteiger partial charge < -0.3 is 0 Å². The first-order valence-electron chi connectivity index (χ1n) is 7.18. The Morgan fingerprint density at radius 3 is 2.60 bits per heavy atom. The predicted molar refractivity (Wildman–Crippen MR) is 89.2 cm³/mol. The number of hydrogen-bond acceptors (Lipinski definition) is 1. The summed E-state index contributed by atoms with van der Waals surface area (Å²) in [6.45, 7) is 12.3. The fourth-order valence-corrected chi connectivity index (χ4v) is 2.90. The highest BCUT2D eigenvalue weighted by Crippen LogP contribution is 2.37. The minimum absolute atomic E-state index is 1.02. The van der Waals surface area contributed by atoms with Gasteiger partial charge in [0.25, 0.3) is 0 Å². The number of hydrogen-bond donors (Lipinski definition) is 0. The molecule has 0 unspecified atom stereocenters. The molecular formula is C19H23N. The van der Waals surface area contributed by atoms with Crippen molar-refractivity contribution in [1.29, 1.82) is 0 Å². The molecule has 104 valence electrons. The van der Waals surface area contributed by atoms with Crippen LogP contribution in [-0.4, -0.2) is 6.72 Å². The van der Waals surface area contributed by atoms with Gasteiger partial charge in [0.2, 0.25) is 0 Å². The highest BCUT2D eigenvalue weighted by atomic mass is 14.7. The molecule has 2 rings (SSSR count). The maximum Gasteiger partial charge on any atom is 0.0732 e. The van der Waals surface area contributed by atoms with Crippen molar-refractivity contribution in [3.63, 3.8) is 0 Å². The van der Waals surface area contributed by atoms with Crippen LogP contribution in [0.15, 0.2) is 52.2 Å². The predicted octanol–water partition coefficient (Wildman–Crippen LogP) is 5.27. The minimum Gasteiger partial charge on any atom is -0.264 e. The molecule has 0 aliphatic heterocycles. The second kappa shape index (κ2) is 6.04. The van der Waals surface area contributed by atoms with E-state index < -0.39 is 0 Å². The lowest BCUT2D eigenvalue weighted by Gasteiger charge is -2.14. The van der Waals surface area contributed by atoms with Crippen LogP contribution in [0.3, 0.4) is 0 Å². The van der Waals surface area contributed by atoms with Gasteiger partial charge in [-0.1, -0.05) is 41.5 Å². The molecule has 0 spiro atoms. The number of fused-ring (bicyclic) bond motifs is 1. The van der Waals surface area contributed by atoms with Crippen molar-refractivity contribution >= 4 is 12.3 Å². The lowest BCUT2D eigenvalue weighted by atomic mass is 9.93. The number of rotatable bonds is 2. The second-order valence-corrected chi connectivity index (χ2v) is 5.57. The molecule has 0 fully saturated rings. The lowest BCUT2D eigenvalue weighted by Crippen LogP contribution is -1.95. The molecule has 0 saturated carbocycles. The molecule has 1 aromatic carbocycles. The summed E-state index contributed by atoms with van der Waals surface area (Å²) in [5, 5.41) is 0. The maximum absolute atomic E-state index is 4.35. The lowest BCUT2D eigenvalue weighted by molar-refractivity contribution is 0.961. The minimum atomic E-state index is 1.02. The number of aryl methyl sites for hydroxylation is 2. The highest BCUT2D eigenvalue weighted by molar-refractivity contribution is 5.85. The number of nitrogens with zero attached hydrogens (tertiary/aromatic N) is 1. The second-order valence-electron chi connectivity index (χ2n) is 5.57. The highest BCUT2D eigenvalue weighted by Gasteiger charge is 2.19. The summed E-state index contributed by atoms with van der Waals surface area (Å²) in [6.07, 6.45) is 6.34. The van der Waals surface area contributed by atoms with Crippen molar-refractivity contribution < 1.29 is 0 Å². The molecular weight excluding hydrogens is 242 g/mol. The van der Waals surface area contributed by atoms with Crippen molar-refractivity contribution in [3.05, 3.63) is 63.9 Å². The quantitative estimate of drug-likeness (QED) is 0.646. The molecule has 0 atom stereocenters. The van der Waals surface area contributed by atoms with Gasteiger partial charge in [-0.05, 0) is 64.0 Å². The van der Waals surface area contributed by atoms with Crippen molar-refractivity contribution in [1.82, 2.24) is 0 Å². The van der Waals surface area contributed by atoms with E-state index in [-0.39, 0.29) is 0 Å². The molecule has 1 aliphatic rings. The fourth-order valence-electron chi connectivity index (χ4n) is 2.90. The zero-order valence-electron chi connectivity index (χ0n) is 13.0. The van der Waals surface area contributed by atoms with E-state index in [9.17, 15) is 0 Å². The third kappa shape index (κ3) is 2.67. The first-order valence-corrected chi connectivity index (χ1v) is 7.18. The van der Waals surface area contributed by atoms with E-state index >= 15 is 0 Å². The number of allylic oxidation sites excluding steroid dienone is 5. The van der Waals surface area contributed by atoms with E-state index in [1.54, 1.807) is 0 Å². The Morgan fingerprint density at radius 1 is 1.25 bits per heavy atom. The van der Waals surface area contributed by atoms with E-state index in [2.05, 4.69) is 69.8 Å². The van der Waals surface area contributed by atoms with Crippen molar-refractivity contribution in [3.8, 4) is 0 Å². The van der Waals surface area contributed by atoms with E-state index in [4.69, 9.17) is 0 Å². The molecule has 1 aromatic rings. The Balaban J connectivity index is 2.74. The van der Waals surface area contributed by atoms with Crippen LogP contribution in [0.1, 0.15) is 43.9 Å². The third-order valence-corrected chi connectivity index (χ3v) is 3.76. The molecule has 1 heteroatoms. The Hall–Kier alpha value is -1.89. The zero-order valence-corrected chi connectivity index (χ0v) is 13.0. The van der Waals surface area contributed by atoms with Gasteiger partial charge in [-0.25, -0.2) is 0 Å². The summed E-state index contributed by atoms with van der Waals surface area (Å²) in [5.41, 5.74) is 8.93. The smallest absolute Gasteiger partial charge is 0.0732 e. The van der Waals surface area contributed by atoms with Crippen LogP contribution in [-0.2, 0) is 6.42 Å². The topological polar surface area (TPSA) is 12.4 Å². The van der Waals surface area contributed by atoms with Gasteiger partial charge in [0.1, 0.15) is 0 Å². The Morgan fingerprint density at radius 2 is 2.00 bits per heavy atom. The molecule has 20 heavy (non-hydrogen) atoms. The van der Waals surface area contributed by atoms with Crippen LogP contribution in [0.5, 0.6) is 0 Å². The van der Waals surface area contributed by atoms with Crippen LogP contribution in [0.25, 0.3) is 5.57 Å². The van der Waals surface area contributed by atoms with Crippen molar-refractivity contribution in [2.24, 2.45) is 4.99 Å². The van der Waals surface area contributed by atoms with Gasteiger partial charge in [0.05, 0.1) is 5.70 Å². The van der Waals surface area contributed by atoms with Crippen molar-refractivity contribution in [2.45, 2.75) is 40.5 Å². The molecule has 0 heterocycles. The van der Waals surface area contributed by atoms with E-state index in [0.29, 0.717) is 0 Å². The van der Waals surface area contributed by atoms with Crippen LogP contribution in [0.4, 0.5) is 0 Å². The third-order valence-electron chi connectivity index (χ3n) is 3.76. The summed E-state index contributed by atoms with van der Waals surface area (Å²) >= 11 is 0. The van der Waals surface area contributed by atoms with E-state index in [0.717, 1.165) is 18.5 Å². The van der Waals surface area contributed by atoms with Crippen molar-refractivity contribution in [2.75, 3.05) is 0 Å². The van der Waals surface area contributed by atoms with Gasteiger partial charge in [-0.2, -0.15) is 0 Å². The van der Waals surface area contributed by atoms with Gasteiger partial charge in [-0.3, -0.25) is 4.99 Å². The van der Waals surface area contributed by atoms with Crippen LogP contribution in [0.2, 0.25) is 0 Å². The Kier molecular flexibility index (Phi) is 4.39. The molecule has 0 aromatic heterocycles. The molecule has 1 nitrogen and oxygen atoms in total. The summed E-state index contributed by atoms with van der Waals surface area (Å²) in [5.74, 6) is 0. The summed E-state index contributed by atoms with van der Waals surface area (Å²) in [7, 11) is 0. The normalized spacial score (nSPS) is 15.3. The molecule has 0 amide bonds. The molecule has 0 N–H and O–H groups in total. The maximum atomic E-state index is 4.35. The van der Waals surface area contributed by atoms with Crippen LogP contribution < -0.4 is 0 Å².